The molecule has 6 nitrogen and oxygen atoms in total. The molecule has 4 rings (SSSR count). The number of fused-ring (bicyclic) bond motifs is 1. The van der Waals surface area contributed by atoms with E-state index in [2.05, 4.69) is 10.3 Å². The molecule has 3 aromatic carbocycles. The smallest absolute Gasteiger partial charge is 0.251 e. The van der Waals surface area contributed by atoms with Crippen LogP contribution in [0.25, 0.3) is 10.9 Å². The summed E-state index contributed by atoms with van der Waals surface area (Å²) in [5.41, 5.74) is 7.58. The number of hydrogen-bond donors (Lipinski definition) is 3. The first-order chi connectivity index (χ1) is 17.8. The molecule has 192 valence electrons. The Hall–Kier alpha value is -3.82. The zero-order valence-corrected chi connectivity index (χ0v) is 20.4. The van der Waals surface area contributed by atoms with Crippen molar-refractivity contribution in [2.75, 3.05) is 18.4 Å². The summed E-state index contributed by atoms with van der Waals surface area (Å²) < 4.78 is 40.8. The summed E-state index contributed by atoms with van der Waals surface area (Å²) in [7, 11) is 0. The maximum Gasteiger partial charge on any atom is 0.251 e. The summed E-state index contributed by atoms with van der Waals surface area (Å²) in [6, 6.07) is 11.8. The third-order valence-corrected chi connectivity index (χ3v) is 6.29. The summed E-state index contributed by atoms with van der Waals surface area (Å²) in [5.74, 6) is -2.49. The largest absolute Gasteiger partial charge is 0.361 e. The van der Waals surface area contributed by atoms with Gasteiger partial charge in [-0.3, -0.25) is 9.59 Å². The molecule has 2 amide bonds. The minimum atomic E-state index is -1.24. The van der Waals surface area contributed by atoms with E-state index in [9.17, 15) is 22.8 Å². The fraction of sp³-hybridized carbons (Fsp3) is 0.185. The number of anilines is 1. The monoisotopic (exact) mass is 528 g/mol. The molecule has 0 fully saturated rings. The van der Waals surface area contributed by atoms with Crippen LogP contribution in [0, 0.1) is 17.5 Å². The van der Waals surface area contributed by atoms with Crippen molar-refractivity contribution < 1.29 is 22.8 Å². The number of H-pyrrole nitrogens is 1. The third kappa shape index (κ3) is 6.12. The van der Waals surface area contributed by atoms with Crippen molar-refractivity contribution in [3.63, 3.8) is 0 Å². The second-order valence-corrected chi connectivity index (χ2v) is 8.85. The Morgan fingerprint density at radius 2 is 1.65 bits per heavy atom. The number of carbonyl (C=O) groups is 2. The van der Waals surface area contributed by atoms with Crippen LogP contribution in [0.3, 0.4) is 0 Å². The van der Waals surface area contributed by atoms with Gasteiger partial charge in [0.1, 0.15) is 23.5 Å². The molecule has 0 saturated heterocycles. The Labute approximate surface area is 216 Å². The molecule has 10 heteroatoms. The van der Waals surface area contributed by atoms with Gasteiger partial charge < -0.3 is 20.9 Å². The molecule has 0 aliphatic heterocycles. The lowest BCUT2D eigenvalue weighted by molar-refractivity contribution is -0.138. The fourth-order valence-electron chi connectivity index (χ4n) is 4.19. The van der Waals surface area contributed by atoms with Crippen molar-refractivity contribution in [2.45, 2.75) is 18.9 Å². The molecule has 0 aliphatic carbocycles. The molecule has 0 bridgehead atoms. The van der Waals surface area contributed by atoms with E-state index in [0.29, 0.717) is 17.6 Å². The fourth-order valence-corrected chi connectivity index (χ4v) is 4.46. The van der Waals surface area contributed by atoms with Crippen molar-refractivity contribution >= 4 is 40.0 Å². The molecule has 4 N–H and O–H groups in total. The van der Waals surface area contributed by atoms with Crippen LogP contribution in [0.15, 0.2) is 66.9 Å². The number of halogens is 4. The van der Waals surface area contributed by atoms with E-state index in [1.165, 1.54) is 47.4 Å². The molecule has 37 heavy (non-hydrogen) atoms. The van der Waals surface area contributed by atoms with Crippen LogP contribution in [0.5, 0.6) is 0 Å². The van der Waals surface area contributed by atoms with Crippen LogP contribution in [0.2, 0.25) is 5.02 Å². The van der Waals surface area contributed by atoms with Crippen molar-refractivity contribution in [1.82, 2.24) is 9.88 Å². The van der Waals surface area contributed by atoms with Gasteiger partial charge in [0, 0.05) is 52.9 Å². The minimum Gasteiger partial charge on any atom is -0.361 e. The lowest BCUT2D eigenvalue weighted by Crippen LogP contribution is -2.43. The van der Waals surface area contributed by atoms with Crippen LogP contribution in [0.1, 0.15) is 23.6 Å². The Balaban J connectivity index is 1.71. The number of carbonyl (C=O) groups excluding carboxylic acids is 2. The van der Waals surface area contributed by atoms with Crippen molar-refractivity contribution in [2.24, 2.45) is 5.73 Å². The van der Waals surface area contributed by atoms with Crippen LogP contribution in [-0.2, 0) is 16.0 Å². The highest BCUT2D eigenvalue weighted by atomic mass is 35.5. The Kier molecular flexibility index (Phi) is 8.15. The van der Waals surface area contributed by atoms with Crippen molar-refractivity contribution in [3.8, 4) is 0 Å². The molecule has 1 heterocycles. The first kappa shape index (κ1) is 26.2. The standard InChI is InChI=1S/C27H24ClF3N4O2/c28-23-13-18(30)4-8-22(23)26(27(37)34-20-5-1-17(29)2-6-20)35(25(36)9-11-32)12-10-16-15-33-24-14-19(31)3-7-21(16)24/h1-8,13-15,26,33H,9-12,32H2,(H,34,37). The second kappa shape index (κ2) is 11.5. The van der Waals surface area contributed by atoms with Crippen LogP contribution in [-0.4, -0.2) is 34.8 Å². The Morgan fingerprint density at radius 1 is 0.973 bits per heavy atom. The molecule has 1 aromatic heterocycles. The highest BCUT2D eigenvalue weighted by Crippen LogP contribution is 2.31. The van der Waals surface area contributed by atoms with Crippen LogP contribution in [0.4, 0.5) is 18.9 Å². The van der Waals surface area contributed by atoms with Crippen LogP contribution < -0.4 is 11.1 Å². The van der Waals surface area contributed by atoms with E-state index in [0.717, 1.165) is 23.1 Å². The Bertz CT molecular complexity index is 1430. The summed E-state index contributed by atoms with van der Waals surface area (Å²) in [6.07, 6.45) is 1.99. The average molecular weight is 529 g/mol. The number of benzene rings is 3. The highest BCUT2D eigenvalue weighted by molar-refractivity contribution is 6.31. The van der Waals surface area contributed by atoms with Gasteiger partial charge in [0.2, 0.25) is 5.91 Å². The number of nitrogens with zero attached hydrogens (tertiary/aromatic N) is 1. The third-order valence-electron chi connectivity index (χ3n) is 5.96. The SMILES string of the molecule is NCCC(=O)N(CCc1c[nH]c2cc(F)ccc12)C(C(=O)Nc1ccc(F)cc1)c1ccc(F)cc1Cl. The van der Waals surface area contributed by atoms with Gasteiger partial charge in [0.25, 0.3) is 5.91 Å². The highest BCUT2D eigenvalue weighted by Gasteiger charge is 2.33. The second-order valence-electron chi connectivity index (χ2n) is 8.44. The number of rotatable bonds is 9. The summed E-state index contributed by atoms with van der Waals surface area (Å²) >= 11 is 6.34. The van der Waals surface area contributed by atoms with Gasteiger partial charge in [0.05, 0.1) is 0 Å². The predicted octanol–water partition coefficient (Wildman–Crippen LogP) is 5.34. The topological polar surface area (TPSA) is 91.2 Å². The molecule has 0 spiro atoms. The van der Waals surface area contributed by atoms with Gasteiger partial charge in [-0.1, -0.05) is 17.7 Å². The molecule has 1 atom stereocenters. The van der Waals surface area contributed by atoms with E-state index >= 15 is 0 Å². The zero-order valence-electron chi connectivity index (χ0n) is 19.6. The number of nitrogens with one attached hydrogen (secondary N) is 2. The molecule has 0 aliphatic rings. The quantitative estimate of drug-likeness (QED) is 0.274. The molecule has 4 aromatic rings. The van der Waals surface area contributed by atoms with Gasteiger partial charge in [-0.2, -0.15) is 0 Å². The van der Waals surface area contributed by atoms with Gasteiger partial charge >= 0.3 is 0 Å². The van der Waals surface area contributed by atoms with E-state index in [-0.39, 0.29) is 35.9 Å². The number of amides is 2. The molecular weight excluding hydrogens is 505 g/mol. The molecule has 0 saturated carbocycles. The normalized spacial score (nSPS) is 11.9. The van der Waals surface area contributed by atoms with E-state index in [4.69, 9.17) is 17.3 Å². The summed E-state index contributed by atoms with van der Waals surface area (Å²) in [5, 5.41) is 3.43. The maximum absolute atomic E-state index is 13.8. The van der Waals surface area contributed by atoms with E-state index in [1.807, 2.05) is 0 Å². The van der Waals surface area contributed by atoms with Gasteiger partial charge in [-0.05, 0) is 66.6 Å². The van der Waals surface area contributed by atoms with Gasteiger partial charge in [0.15, 0.2) is 0 Å². The van der Waals surface area contributed by atoms with Gasteiger partial charge in [-0.15, -0.1) is 0 Å². The molecule has 0 radical (unpaired) electrons. The maximum atomic E-state index is 13.8. The number of aromatic nitrogens is 1. The summed E-state index contributed by atoms with van der Waals surface area (Å²) in [4.78, 5) is 31.2. The lowest BCUT2D eigenvalue weighted by atomic mass is 10.0. The minimum absolute atomic E-state index is 0.0348. The van der Waals surface area contributed by atoms with Gasteiger partial charge in [-0.25, -0.2) is 13.2 Å². The zero-order chi connectivity index (χ0) is 26.5. The van der Waals surface area contributed by atoms with Crippen molar-refractivity contribution in [1.29, 1.82) is 0 Å². The number of nitrogens with two attached hydrogens (primary N) is 1. The Morgan fingerprint density at radius 3 is 2.35 bits per heavy atom. The molecule has 1 unspecified atom stereocenters. The summed E-state index contributed by atoms with van der Waals surface area (Å²) in [6.45, 7) is 0.128. The number of aromatic amines is 1. The van der Waals surface area contributed by atoms with Crippen LogP contribution >= 0.6 is 11.6 Å². The lowest BCUT2D eigenvalue weighted by Gasteiger charge is -2.32. The average Bonchev–Trinajstić information content (AvgIpc) is 3.25. The molecular formula is C27H24ClF3N4O2. The van der Waals surface area contributed by atoms with E-state index < -0.39 is 29.5 Å². The predicted molar refractivity (Wildman–Crippen MR) is 137 cm³/mol. The number of hydrogen-bond acceptors (Lipinski definition) is 3. The first-order valence-electron chi connectivity index (χ1n) is 11.5. The van der Waals surface area contributed by atoms with Crippen molar-refractivity contribution in [3.05, 3.63) is 100 Å². The first-order valence-corrected chi connectivity index (χ1v) is 11.9. The van der Waals surface area contributed by atoms with E-state index in [1.54, 1.807) is 12.3 Å².